The summed E-state index contributed by atoms with van der Waals surface area (Å²) in [5, 5.41) is 9.24. The minimum absolute atomic E-state index is 0.0392. The molecule has 0 N–H and O–H groups in total. The van der Waals surface area contributed by atoms with Gasteiger partial charge in [0, 0.05) is 12.8 Å². The highest BCUT2D eigenvalue weighted by Crippen LogP contribution is 2.47. The van der Waals surface area contributed by atoms with Crippen LogP contribution in [0.1, 0.15) is 39.0 Å². The molecule has 0 aromatic rings. The second-order valence-electron chi connectivity index (χ2n) is 4.32. The molecule has 1 atom stereocenters. The molecule has 0 saturated heterocycles. The molecule has 78 valence electrons. The summed E-state index contributed by atoms with van der Waals surface area (Å²) in [6.45, 7) is 1.76. The molecule has 3 heteroatoms. The van der Waals surface area contributed by atoms with Crippen molar-refractivity contribution in [1.82, 2.24) is 0 Å². The second-order valence-corrected chi connectivity index (χ2v) is 4.32. The molecule has 2 aliphatic rings. The summed E-state index contributed by atoms with van der Waals surface area (Å²) in [4.78, 5) is 23.6. The normalized spacial score (nSPS) is 31.2. The number of rotatable bonds is 0. The Morgan fingerprint density at radius 1 is 1.27 bits per heavy atom. The molecule has 0 spiro atoms. The third-order valence-electron chi connectivity index (χ3n) is 3.61. The van der Waals surface area contributed by atoms with Crippen molar-refractivity contribution in [2.24, 2.45) is 5.41 Å². The van der Waals surface area contributed by atoms with Crippen LogP contribution in [0, 0.1) is 16.7 Å². The maximum atomic E-state index is 11.9. The molecule has 0 aliphatic heterocycles. The maximum absolute atomic E-state index is 11.9. The van der Waals surface area contributed by atoms with Gasteiger partial charge in [0.2, 0.25) is 0 Å². The third-order valence-corrected chi connectivity index (χ3v) is 3.61. The Morgan fingerprint density at radius 3 is 2.67 bits per heavy atom. The molecule has 0 radical (unpaired) electrons. The highest BCUT2D eigenvalue weighted by Gasteiger charge is 2.47. The standard InChI is InChI=1S/C12H13NO2/c1-8-9-3-2-6-12(9,7-13)11(15)5-4-10(8)14/h2-6H2,1H3. The fourth-order valence-corrected chi connectivity index (χ4v) is 2.69. The number of ketones is 2. The van der Waals surface area contributed by atoms with Gasteiger partial charge in [-0.05, 0) is 37.3 Å². The molecule has 15 heavy (non-hydrogen) atoms. The predicted octanol–water partition coefficient (Wildman–Crippen LogP) is 1.93. The van der Waals surface area contributed by atoms with E-state index in [4.69, 9.17) is 0 Å². The van der Waals surface area contributed by atoms with Gasteiger partial charge in [-0.1, -0.05) is 0 Å². The van der Waals surface area contributed by atoms with Gasteiger partial charge in [-0.3, -0.25) is 9.59 Å². The molecule has 0 amide bonds. The van der Waals surface area contributed by atoms with E-state index in [9.17, 15) is 14.9 Å². The van der Waals surface area contributed by atoms with Crippen LogP contribution in [0.2, 0.25) is 0 Å². The monoisotopic (exact) mass is 203 g/mol. The van der Waals surface area contributed by atoms with Gasteiger partial charge < -0.3 is 0 Å². The zero-order valence-electron chi connectivity index (χ0n) is 8.80. The van der Waals surface area contributed by atoms with Crippen LogP contribution >= 0.6 is 0 Å². The fourth-order valence-electron chi connectivity index (χ4n) is 2.69. The minimum Gasteiger partial charge on any atom is -0.298 e. The lowest BCUT2D eigenvalue weighted by Gasteiger charge is -2.19. The number of carbonyl (C=O) groups excluding carboxylic acids is 2. The topological polar surface area (TPSA) is 57.9 Å². The Bertz CT molecular complexity index is 414. The van der Waals surface area contributed by atoms with E-state index in [-0.39, 0.29) is 24.4 Å². The van der Waals surface area contributed by atoms with E-state index in [1.54, 1.807) is 6.92 Å². The van der Waals surface area contributed by atoms with Crippen molar-refractivity contribution in [2.45, 2.75) is 39.0 Å². The lowest BCUT2D eigenvalue weighted by atomic mass is 9.78. The summed E-state index contributed by atoms with van der Waals surface area (Å²) in [5.74, 6) is -0.0138. The Hall–Kier alpha value is -1.43. The van der Waals surface area contributed by atoms with Crippen molar-refractivity contribution in [1.29, 1.82) is 5.26 Å². The molecule has 1 saturated carbocycles. The highest BCUT2D eigenvalue weighted by molar-refractivity contribution is 6.04. The van der Waals surface area contributed by atoms with Gasteiger partial charge in [-0.15, -0.1) is 0 Å². The smallest absolute Gasteiger partial charge is 0.159 e. The molecular weight excluding hydrogens is 190 g/mol. The summed E-state index contributed by atoms with van der Waals surface area (Å²) in [5.41, 5.74) is 0.522. The van der Waals surface area contributed by atoms with E-state index in [0.717, 1.165) is 18.4 Å². The van der Waals surface area contributed by atoms with Gasteiger partial charge >= 0.3 is 0 Å². The Labute approximate surface area is 88.8 Å². The van der Waals surface area contributed by atoms with Crippen LogP contribution in [0.15, 0.2) is 11.1 Å². The molecule has 2 aliphatic carbocycles. The average molecular weight is 203 g/mol. The van der Waals surface area contributed by atoms with Gasteiger partial charge in [0.25, 0.3) is 0 Å². The van der Waals surface area contributed by atoms with Crippen LogP contribution in [0.3, 0.4) is 0 Å². The predicted molar refractivity (Wildman–Crippen MR) is 53.8 cm³/mol. The first-order chi connectivity index (χ1) is 7.12. The Kier molecular flexibility index (Phi) is 2.22. The summed E-state index contributed by atoms with van der Waals surface area (Å²) < 4.78 is 0. The van der Waals surface area contributed by atoms with Crippen molar-refractivity contribution in [3.8, 4) is 6.07 Å². The molecule has 0 aromatic heterocycles. The van der Waals surface area contributed by atoms with Crippen molar-refractivity contribution in [3.63, 3.8) is 0 Å². The van der Waals surface area contributed by atoms with Gasteiger partial charge in [-0.25, -0.2) is 0 Å². The summed E-state index contributed by atoms with van der Waals surface area (Å²) in [6.07, 6.45) is 2.68. The molecular formula is C12H13NO2. The van der Waals surface area contributed by atoms with Crippen LogP contribution in [-0.2, 0) is 9.59 Å². The second kappa shape index (κ2) is 3.30. The van der Waals surface area contributed by atoms with E-state index >= 15 is 0 Å². The quantitative estimate of drug-likeness (QED) is 0.604. The Balaban J connectivity index is 2.62. The van der Waals surface area contributed by atoms with Gasteiger partial charge in [0.1, 0.15) is 5.41 Å². The van der Waals surface area contributed by atoms with Crippen molar-refractivity contribution >= 4 is 11.6 Å². The number of nitrogens with zero attached hydrogens (tertiary/aromatic N) is 1. The van der Waals surface area contributed by atoms with Crippen molar-refractivity contribution in [3.05, 3.63) is 11.1 Å². The van der Waals surface area contributed by atoms with E-state index in [1.165, 1.54) is 0 Å². The first-order valence-corrected chi connectivity index (χ1v) is 5.30. The summed E-state index contributed by atoms with van der Waals surface area (Å²) >= 11 is 0. The van der Waals surface area contributed by atoms with Crippen molar-refractivity contribution in [2.75, 3.05) is 0 Å². The fraction of sp³-hybridized carbons (Fsp3) is 0.583. The van der Waals surface area contributed by atoms with Crippen LogP contribution in [0.5, 0.6) is 0 Å². The van der Waals surface area contributed by atoms with Gasteiger partial charge in [-0.2, -0.15) is 5.26 Å². The number of fused-ring (bicyclic) bond motifs is 1. The van der Waals surface area contributed by atoms with E-state index in [1.807, 2.05) is 0 Å². The zero-order chi connectivity index (χ0) is 11.1. The van der Waals surface area contributed by atoms with E-state index < -0.39 is 5.41 Å². The first kappa shape index (κ1) is 10.1. The van der Waals surface area contributed by atoms with Crippen LogP contribution in [0.25, 0.3) is 0 Å². The Morgan fingerprint density at radius 2 is 2.00 bits per heavy atom. The first-order valence-electron chi connectivity index (χ1n) is 5.30. The molecule has 3 nitrogen and oxygen atoms in total. The SMILES string of the molecule is CC1=C2CCCC2(C#N)C(=O)CCC1=O. The molecule has 1 unspecified atom stereocenters. The zero-order valence-corrected chi connectivity index (χ0v) is 8.80. The van der Waals surface area contributed by atoms with Crippen LogP contribution in [0.4, 0.5) is 0 Å². The molecule has 0 aromatic carbocycles. The largest absolute Gasteiger partial charge is 0.298 e. The number of nitriles is 1. The van der Waals surface area contributed by atoms with Crippen molar-refractivity contribution < 1.29 is 9.59 Å². The lowest BCUT2D eigenvalue weighted by Crippen LogP contribution is -2.27. The summed E-state index contributed by atoms with van der Waals surface area (Å²) in [6, 6.07) is 2.16. The number of allylic oxidation sites excluding steroid dienone is 2. The molecule has 0 heterocycles. The number of hydrogen-bond acceptors (Lipinski definition) is 3. The van der Waals surface area contributed by atoms with E-state index in [0.29, 0.717) is 12.0 Å². The average Bonchev–Trinajstić information content (AvgIpc) is 2.65. The minimum atomic E-state index is -0.948. The van der Waals surface area contributed by atoms with Gasteiger partial charge in [0.15, 0.2) is 11.6 Å². The lowest BCUT2D eigenvalue weighted by molar-refractivity contribution is -0.125. The molecule has 0 bridgehead atoms. The summed E-state index contributed by atoms with van der Waals surface area (Å²) in [7, 11) is 0. The van der Waals surface area contributed by atoms with Crippen LogP contribution < -0.4 is 0 Å². The number of carbonyl (C=O) groups is 2. The van der Waals surface area contributed by atoms with Gasteiger partial charge in [0.05, 0.1) is 6.07 Å². The number of hydrogen-bond donors (Lipinski definition) is 0. The number of Topliss-reactive ketones (excluding diaryl/α,β-unsaturated/α-hetero) is 2. The molecule has 1 fully saturated rings. The maximum Gasteiger partial charge on any atom is 0.159 e. The third kappa shape index (κ3) is 1.25. The van der Waals surface area contributed by atoms with E-state index in [2.05, 4.69) is 6.07 Å². The molecule has 2 rings (SSSR count). The van der Waals surface area contributed by atoms with Crippen LogP contribution in [-0.4, -0.2) is 11.6 Å². The highest BCUT2D eigenvalue weighted by atomic mass is 16.1.